The number of halogens is 1. The van der Waals surface area contributed by atoms with Crippen LogP contribution in [0.2, 0.25) is 0 Å². The van der Waals surface area contributed by atoms with Crippen LogP contribution in [0, 0.1) is 23.6 Å². The molecule has 0 unspecified atom stereocenters. The molecule has 0 bridgehead atoms. The molecule has 1 fully saturated rings. The van der Waals surface area contributed by atoms with E-state index in [2.05, 4.69) is 11.8 Å². The summed E-state index contributed by atoms with van der Waals surface area (Å²) in [6, 6.07) is 6.51. The SMILES string of the molecule is Fc1cccc(C#CC2CCCCC2)c1. The summed E-state index contributed by atoms with van der Waals surface area (Å²) in [7, 11) is 0. The van der Waals surface area contributed by atoms with Gasteiger partial charge in [0.25, 0.3) is 0 Å². The van der Waals surface area contributed by atoms with E-state index in [-0.39, 0.29) is 5.82 Å². The van der Waals surface area contributed by atoms with Gasteiger partial charge in [-0.05, 0) is 31.0 Å². The molecule has 0 nitrogen and oxygen atoms in total. The van der Waals surface area contributed by atoms with E-state index in [1.807, 2.05) is 6.07 Å². The van der Waals surface area contributed by atoms with Gasteiger partial charge < -0.3 is 0 Å². The van der Waals surface area contributed by atoms with E-state index in [4.69, 9.17) is 0 Å². The topological polar surface area (TPSA) is 0 Å². The van der Waals surface area contributed by atoms with E-state index in [0.717, 1.165) is 5.56 Å². The summed E-state index contributed by atoms with van der Waals surface area (Å²) in [6.07, 6.45) is 6.35. The van der Waals surface area contributed by atoms with Crippen LogP contribution < -0.4 is 0 Å². The smallest absolute Gasteiger partial charge is 0.124 e. The number of rotatable bonds is 0. The molecule has 0 amide bonds. The van der Waals surface area contributed by atoms with Crippen molar-refractivity contribution in [2.24, 2.45) is 5.92 Å². The Kier molecular flexibility index (Phi) is 3.40. The summed E-state index contributed by atoms with van der Waals surface area (Å²) in [5.74, 6) is 6.64. The van der Waals surface area contributed by atoms with Crippen molar-refractivity contribution in [3.05, 3.63) is 35.6 Å². The van der Waals surface area contributed by atoms with Crippen molar-refractivity contribution in [1.82, 2.24) is 0 Å². The molecule has 2 rings (SSSR count). The van der Waals surface area contributed by atoms with Gasteiger partial charge in [-0.25, -0.2) is 4.39 Å². The molecule has 0 atom stereocenters. The fourth-order valence-corrected chi connectivity index (χ4v) is 2.00. The first-order valence-electron chi connectivity index (χ1n) is 5.62. The number of hydrogen-bond donors (Lipinski definition) is 0. The molecule has 78 valence electrons. The quantitative estimate of drug-likeness (QED) is 0.562. The highest BCUT2D eigenvalue weighted by atomic mass is 19.1. The van der Waals surface area contributed by atoms with Crippen LogP contribution in [0.1, 0.15) is 37.7 Å². The lowest BCUT2D eigenvalue weighted by Crippen LogP contribution is -2.02. The van der Waals surface area contributed by atoms with Gasteiger partial charge in [0.15, 0.2) is 0 Å². The first kappa shape index (κ1) is 10.2. The first-order chi connectivity index (χ1) is 7.34. The Morgan fingerprint density at radius 1 is 1.13 bits per heavy atom. The normalized spacial score (nSPS) is 16.9. The summed E-state index contributed by atoms with van der Waals surface area (Å²) in [4.78, 5) is 0. The zero-order chi connectivity index (χ0) is 10.5. The van der Waals surface area contributed by atoms with E-state index >= 15 is 0 Å². The predicted molar refractivity (Wildman–Crippen MR) is 59.9 cm³/mol. The highest BCUT2D eigenvalue weighted by Gasteiger charge is 2.09. The van der Waals surface area contributed by atoms with Gasteiger partial charge in [0.1, 0.15) is 5.82 Å². The third-order valence-electron chi connectivity index (χ3n) is 2.85. The van der Waals surface area contributed by atoms with Crippen molar-refractivity contribution >= 4 is 0 Å². The van der Waals surface area contributed by atoms with Crippen LogP contribution in [-0.2, 0) is 0 Å². The Hall–Kier alpha value is -1.29. The maximum absolute atomic E-state index is 12.9. The molecule has 1 aromatic rings. The molecule has 1 saturated carbocycles. The second kappa shape index (κ2) is 4.98. The summed E-state index contributed by atoms with van der Waals surface area (Å²) < 4.78 is 12.9. The molecular weight excluding hydrogens is 187 g/mol. The molecule has 0 radical (unpaired) electrons. The number of benzene rings is 1. The van der Waals surface area contributed by atoms with Crippen molar-refractivity contribution in [1.29, 1.82) is 0 Å². The Morgan fingerprint density at radius 3 is 2.67 bits per heavy atom. The highest BCUT2D eigenvalue weighted by molar-refractivity contribution is 5.34. The van der Waals surface area contributed by atoms with Crippen LogP contribution in [0.25, 0.3) is 0 Å². The molecule has 0 spiro atoms. The summed E-state index contributed by atoms with van der Waals surface area (Å²) in [6.45, 7) is 0. The maximum Gasteiger partial charge on any atom is 0.124 e. The van der Waals surface area contributed by atoms with Gasteiger partial charge in [-0.1, -0.05) is 37.2 Å². The number of hydrogen-bond acceptors (Lipinski definition) is 0. The summed E-state index contributed by atoms with van der Waals surface area (Å²) >= 11 is 0. The second-order valence-corrected chi connectivity index (χ2v) is 4.11. The van der Waals surface area contributed by atoms with Crippen LogP contribution in [-0.4, -0.2) is 0 Å². The fraction of sp³-hybridized carbons (Fsp3) is 0.429. The van der Waals surface area contributed by atoms with Gasteiger partial charge >= 0.3 is 0 Å². The van der Waals surface area contributed by atoms with Crippen molar-refractivity contribution in [3.63, 3.8) is 0 Å². The van der Waals surface area contributed by atoms with Crippen molar-refractivity contribution in [2.75, 3.05) is 0 Å². The second-order valence-electron chi connectivity index (χ2n) is 4.11. The van der Waals surface area contributed by atoms with Crippen LogP contribution in [0.3, 0.4) is 0 Å². The molecule has 0 N–H and O–H groups in total. The largest absolute Gasteiger partial charge is 0.207 e. The zero-order valence-corrected chi connectivity index (χ0v) is 8.80. The van der Waals surface area contributed by atoms with Crippen molar-refractivity contribution in [3.8, 4) is 11.8 Å². The lowest BCUT2D eigenvalue weighted by atomic mass is 9.90. The van der Waals surface area contributed by atoms with Crippen LogP contribution in [0.4, 0.5) is 4.39 Å². The molecular formula is C14H15F. The molecule has 0 saturated heterocycles. The van der Waals surface area contributed by atoms with E-state index < -0.39 is 0 Å². The average molecular weight is 202 g/mol. The summed E-state index contributed by atoms with van der Waals surface area (Å²) in [5, 5.41) is 0. The minimum Gasteiger partial charge on any atom is -0.207 e. The molecule has 1 aliphatic rings. The lowest BCUT2D eigenvalue weighted by Gasteiger charge is -2.15. The van der Waals surface area contributed by atoms with Gasteiger partial charge in [-0.3, -0.25) is 0 Å². The van der Waals surface area contributed by atoms with E-state index in [9.17, 15) is 4.39 Å². The van der Waals surface area contributed by atoms with Gasteiger partial charge in [0.2, 0.25) is 0 Å². The van der Waals surface area contributed by atoms with Crippen molar-refractivity contribution in [2.45, 2.75) is 32.1 Å². The van der Waals surface area contributed by atoms with E-state index in [1.54, 1.807) is 6.07 Å². The Bertz CT molecular complexity index is 378. The Morgan fingerprint density at radius 2 is 1.93 bits per heavy atom. The average Bonchev–Trinajstić information content (AvgIpc) is 2.28. The molecule has 1 heteroatoms. The molecule has 0 aliphatic heterocycles. The zero-order valence-electron chi connectivity index (χ0n) is 8.80. The Balaban J connectivity index is 2.03. The van der Waals surface area contributed by atoms with Gasteiger partial charge in [-0.15, -0.1) is 0 Å². The molecule has 0 aromatic heterocycles. The highest BCUT2D eigenvalue weighted by Crippen LogP contribution is 2.22. The minimum absolute atomic E-state index is 0.203. The van der Waals surface area contributed by atoms with Crippen LogP contribution >= 0.6 is 0 Å². The first-order valence-corrected chi connectivity index (χ1v) is 5.62. The molecule has 1 aromatic carbocycles. The lowest BCUT2D eigenvalue weighted by molar-refractivity contribution is 0.430. The van der Waals surface area contributed by atoms with E-state index in [1.165, 1.54) is 44.2 Å². The summed E-state index contributed by atoms with van der Waals surface area (Å²) in [5.41, 5.74) is 0.792. The van der Waals surface area contributed by atoms with Gasteiger partial charge in [0.05, 0.1) is 0 Å². The third-order valence-corrected chi connectivity index (χ3v) is 2.85. The van der Waals surface area contributed by atoms with Crippen LogP contribution in [0.5, 0.6) is 0 Å². The maximum atomic E-state index is 12.9. The van der Waals surface area contributed by atoms with Crippen molar-refractivity contribution < 1.29 is 4.39 Å². The standard InChI is InChI=1S/C14H15F/c15-14-8-4-7-13(11-14)10-9-12-5-2-1-3-6-12/h4,7-8,11-12H,1-3,5-6H2. The monoisotopic (exact) mass is 202 g/mol. The Labute approximate surface area is 90.5 Å². The van der Waals surface area contributed by atoms with Gasteiger partial charge in [-0.2, -0.15) is 0 Å². The van der Waals surface area contributed by atoms with Crippen LogP contribution in [0.15, 0.2) is 24.3 Å². The fourth-order valence-electron chi connectivity index (χ4n) is 2.00. The van der Waals surface area contributed by atoms with Gasteiger partial charge in [0, 0.05) is 11.5 Å². The minimum atomic E-state index is -0.203. The third kappa shape index (κ3) is 3.09. The van der Waals surface area contributed by atoms with E-state index in [0.29, 0.717) is 5.92 Å². The molecule has 1 aliphatic carbocycles. The molecule has 15 heavy (non-hydrogen) atoms. The molecule has 0 heterocycles. The predicted octanol–water partition coefficient (Wildman–Crippen LogP) is 3.76.